The number of piperazine rings is 1. The van der Waals surface area contributed by atoms with Gasteiger partial charge in [-0.3, -0.25) is 9.69 Å². The molecule has 2 rings (SSSR count). The van der Waals surface area contributed by atoms with E-state index in [1.165, 1.54) is 5.56 Å². The number of hydrogen-bond donors (Lipinski definition) is 2. The molecule has 124 valence electrons. The molecular formula is C17H28ClN3O. The number of aryl methyl sites for hydroxylation is 3. The number of amides is 1. The molecule has 0 aromatic heterocycles. The Morgan fingerprint density at radius 1 is 1.18 bits per heavy atom. The van der Waals surface area contributed by atoms with E-state index in [-0.39, 0.29) is 18.3 Å². The molecule has 0 spiro atoms. The second-order valence-corrected chi connectivity index (χ2v) is 6.48. The highest BCUT2D eigenvalue weighted by Crippen LogP contribution is 2.21. The van der Waals surface area contributed by atoms with E-state index in [0.717, 1.165) is 29.9 Å². The van der Waals surface area contributed by atoms with Crippen LogP contribution in [0.25, 0.3) is 0 Å². The summed E-state index contributed by atoms with van der Waals surface area (Å²) in [5.74, 6) is 0.0753. The van der Waals surface area contributed by atoms with Gasteiger partial charge in [0.25, 0.3) is 0 Å². The largest absolute Gasteiger partial charge is 0.324 e. The number of hydrogen-bond acceptors (Lipinski definition) is 3. The summed E-state index contributed by atoms with van der Waals surface area (Å²) in [4.78, 5) is 14.5. The fraction of sp³-hybridized carbons (Fsp3) is 0.588. The number of benzene rings is 1. The molecule has 2 unspecified atom stereocenters. The molecule has 5 heteroatoms. The summed E-state index contributed by atoms with van der Waals surface area (Å²) >= 11 is 0. The van der Waals surface area contributed by atoms with E-state index in [1.54, 1.807) is 0 Å². The fourth-order valence-electron chi connectivity index (χ4n) is 3.33. The molecule has 0 radical (unpaired) electrons. The highest BCUT2D eigenvalue weighted by atomic mass is 35.5. The Bertz CT molecular complexity index is 500. The predicted molar refractivity (Wildman–Crippen MR) is 95.0 cm³/mol. The van der Waals surface area contributed by atoms with Crippen molar-refractivity contribution < 1.29 is 4.79 Å². The molecule has 1 aromatic rings. The molecule has 2 N–H and O–H groups in total. The molecule has 1 aromatic carbocycles. The summed E-state index contributed by atoms with van der Waals surface area (Å²) in [6.45, 7) is 12.8. The minimum atomic E-state index is 0. The predicted octanol–water partition coefficient (Wildman–Crippen LogP) is 2.65. The van der Waals surface area contributed by atoms with Crippen molar-refractivity contribution in [3.05, 3.63) is 28.8 Å². The Hall–Kier alpha value is -1.10. The van der Waals surface area contributed by atoms with Crippen LogP contribution in [-0.4, -0.2) is 42.5 Å². The average Bonchev–Trinajstić information content (AvgIpc) is 2.32. The summed E-state index contributed by atoms with van der Waals surface area (Å²) in [6.07, 6.45) is 0. The van der Waals surface area contributed by atoms with Crippen LogP contribution < -0.4 is 10.6 Å². The summed E-state index contributed by atoms with van der Waals surface area (Å²) in [6, 6.07) is 5.09. The first-order valence-corrected chi connectivity index (χ1v) is 7.71. The molecule has 1 fully saturated rings. The van der Waals surface area contributed by atoms with E-state index in [9.17, 15) is 4.79 Å². The molecule has 0 bridgehead atoms. The number of halogens is 1. The van der Waals surface area contributed by atoms with Gasteiger partial charge in [-0.1, -0.05) is 17.7 Å². The van der Waals surface area contributed by atoms with E-state index in [1.807, 2.05) is 13.8 Å². The first-order chi connectivity index (χ1) is 9.85. The van der Waals surface area contributed by atoms with Gasteiger partial charge >= 0.3 is 0 Å². The smallest absolute Gasteiger partial charge is 0.238 e. The third kappa shape index (κ3) is 4.97. The maximum Gasteiger partial charge on any atom is 0.238 e. The summed E-state index contributed by atoms with van der Waals surface area (Å²) in [7, 11) is 0. The number of carbonyl (C=O) groups excluding carboxylic acids is 1. The van der Waals surface area contributed by atoms with E-state index < -0.39 is 0 Å². The number of nitrogens with zero attached hydrogens (tertiary/aromatic N) is 1. The van der Waals surface area contributed by atoms with Crippen LogP contribution in [0.2, 0.25) is 0 Å². The van der Waals surface area contributed by atoms with Crippen molar-refractivity contribution in [1.82, 2.24) is 10.2 Å². The van der Waals surface area contributed by atoms with Crippen LogP contribution in [0.3, 0.4) is 0 Å². The highest BCUT2D eigenvalue weighted by Gasteiger charge is 2.22. The molecule has 22 heavy (non-hydrogen) atoms. The third-order valence-electron chi connectivity index (χ3n) is 3.94. The van der Waals surface area contributed by atoms with Gasteiger partial charge in [0.2, 0.25) is 5.91 Å². The first-order valence-electron chi connectivity index (χ1n) is 7.71. The Morgan fingerprint density at radius 3 is 2.18 bits per heavy atom. The molecule has 0 aliphatic carbocycles. The minimum Gasteiger partial charge on any atom is -0.324 e. The van der Waals surface area contributed by atoms with Crippen molar-refractivity contribution in [3.8, 4) is 0 Å². The zero-order valence-electron chi connectivity index (χ0n) is 14.2. The zero-order valence-corrected chi connectivity index (χ0v) is 15.0. The minimum absolute atomic E-state index is 0. The molecular weight excluding hydrogens is 298 g/mol. The Balaban J connectivity index is 0.00000242. The summed E-state index contributed by atoms with van der Waals surface area (Å²) < 4.78 is 0. The van der Waals surface area contributed by atoms with Crippen LogP contribution in [-0.2, 0) is 4.79 Å². The topological polar surface area (TPSA) is 44.4 Å². The number of nitrogens with one attached hydrogen (secondary N) is 2. The fourth-order valence-corrected chi connectivity index (χ4v) is 3.33. The lowest BCUT2D eigenvalue weighted by Crippen LogP contribution is -2.55. The molecule has 1 aliphatic heterocycles. The Labute approximate surface area is 140 Å². The lowest BCUT2D eigenvalue weighted by molar-refractivity contribution is -0.117. The second kappa shape index (κ2) is 7.95. The maximum atomic E-state index is 12.3. The molecule has 1 aliphatic rings. The van der Waals surface area contributed by atoms with Gasteiger partial charge in [-0.15, -0.1) is 12.4 Å². The van der Waals surface area contributed by atoms with Gasteiger partial charge in [0.05, 0.1) is 6.54 Å². The van der Waals surface area contributed by atoms with Crippen LogP contribution >= 0.6 is 12.4 Å². The van der Waals surface area contributed by atoms with Crippen LogP contribution in [0, 0.1) is 20.8 Å². The van der Waals surface area contributed by atoms with Gasteiger partial charge in [0.1, 0.15) is 0 Å². The average molecular weight is 326 g/mol. The molecule has 1 saturated heterocycles. The van der Waals surface area contributed by atoms with E-state index in [0.29, 0.717) is 18.6 Å². The van der Waals surface area contributed by atoms with Crippen LogP contribution in [0.15, 0.2) is 12.1 Å². The standard InChI is InChI=1S/C17H27N3O.ClH/c1-11-6-12(2)17(13(3)7-11)19-16(21)10-20-8-14(4)18-15(5)9-20;/h6-7,14-15,18H,8-10H2,1-5H3,(H,19,21);1H. The molecule has 2 atom stereocenters. The van der Waals surface area contributed by atoms with Gasteiger partial charge < -0.3 is 10.6 Å². The first kappa shape index (κ1) is 18.9. The van der Waals surface area contributed by atoms with E-state index in [4.69, 9.17) is 0 Å². The summed E-state index contributed by atoms with van der Waals surface area (Å²) in [5, 5.41) is 6.56. The van der Waals surface area contributed by atoms with Gasteiger partial charge in [-0.05, 0) is 45.7 Å². The van der Waals surface area contributed by atoms with Crippen molar-refractivity contribution in [2.45, 2.75) is 46.7 Å². The number of carbonyl (C=O) groups is 1. The lowest BCUT2D eigenvalue weighted by Gasteiger charge is -2.35. The van der Waals surface area contributed by atoms with Gasteiger partial charge in [0.15, 0.2) is 0 Å². The van der Waals surface area contributed by atoms with Crippen molar-refractivity contribution >= 4 is 24.0 Å². The van der Waals surface area contributed by atoms with Crippen molar-refractivity contribution in [2.75, 3.05) is 25.0 Å². The van der Waals surface area contributed by atoms with Gasteiger partial charge in [0, 0.05) is 30.9 Å². The monoisotopic (exact) mass is 325 g/mol. The molecule has 4 nitrogen and oxygen atoms in total. The Morgan fingerprint density at radius 2 is 1.68 bits per heavy atom. The lowest BCUT2D eigenvalue weighted by atomic mass is 10.1. The highest BCUT2D eigenvalue weighted by molar-refractivity contribution is 5.93. The zero-order chi connectivity index (χ0) is 15.6. The van der Waals surface area contributed by atoms with Crippen molar-refractivity contribution in [2.24, 2.45) is 0 Å². The third-order valence-corrected chi connectivity index (χ3v) is 3.94. The van der Waals surface area contributed by atoms with Gasteiger partial charge in [-0.2, -0.15) is 0 Å². The quantitative estimate of drug-likeness (QED) is 0.898. The van der Waals surface area contributed by atoms with E-state index in [2.05, 4.69) is 48.4 Å². The van der Waals surface area contributed by atoms with E-state index >= 15 is 0 Å². The van der Waals surface area contributed by atoms with Crippen LogP contribution in [0.1, 0.15) is 30.5 Å². The molecule has 1 amide bonds. The normalized spacial score (nSPS) is 22.0. The number of anilines is 1. The second-order valence-electron chi connectivity index (χ2n) is 6.48. The molecule has 0 saturated carbocycles. The maximum absolute atomic E-state index is 12.3. The Kier molecular flexibility index (Phi) is 6.85. The number of rotatable bonds is 3. The SMILES string of the molecule is Cc1cc(C)c(NC(=O)CN2CC(C)NC(C)C2)c(C)c1.Cl. The van der Waals surface area contributed by atoms with Gasteiger partial charge in [-0.25, -0.2) is 0 Å². The van der Waals surface area contributed by atoms with Crippen LogP contribution in [0.4, 0.5) is 5.69 Å². The van der Waals surface area contributed by atoms with Crippen molar-refractivity contribution in [3.63, 3.8) is 0 Å². The van der Waals surface area contributed by atoms with Crippen molar-refractivity contribution in [1.29, 1.82) is 0 Å². The summed E-state index contributed by atoms with van der Waals surface area (Å²) in [5.41, 5.74) is 4.44. The van der Waals surface area contributed by atoms with Crippen LogP contribution in [0.5, 0.6) is 0 Å². The molecule has 1 heterocycles.